The number of carbonyl (C=O) groups excluding carboxylic acids is 1. The van der Waals surface area contributed by atoms with Crippen molar-refractivity contribution < 1.29 is 13.9 Å². The van der Waals surface area contributed by atoms with E-state index < -0.39 is 11.7 Å². The lowest BCUT2D eigenvalue weighted by Gasteiger charge is -2.28. The van der Waals surface area contributed by atoms with Gasteiger partial charge in [-0.25, -0.2) is 9.37 Å². The summed E-state index contributed by atoms with van der Waals surface area (Å²) in [7, 11) is 1.86. The normalized spacial score (nSPS) is 13.3. The molecule has 7 nitrogen and oxygen atoms in total. The molecule has 0 aliphatic carbocycles. The Morgan fingerprint density at radius 3 is 3.00 bits per heavy atom. The highest BCUT2D eigenvalue weighted by molar-refractivity contribution is 6.31. The molecule has 0 radical (unpaired) electrons. The Balaban J connectivity index is 1.55. The molecule has 0 bridgehead atoms. The van der Waals surface area contributed by atoms with Crippen molar-refractivity contribution in [1.29, 1.82) is 0 Å². The van der Waals surface area contributed by atoms with Crippen molar-refractivity contribution in [3.8, 4) is 5.88 Å². The monoisotopic (exact) mass is 401 g/mol. The van der Waals surface area contributed by atoms with Crippen LogP contribution >= 0.6 is 11.6 Å². The van der Waals surface area contributed by atoms with Crippen LogP contribution < -0.4 is 4.74 Å². The predicted octanol–water partition coefficient (Wildman–Crippen LogP) is 2.78. The van der Waals surface area contributed by atoms with Crippen molar-refractivity contribution >= 4 is 17.5 Å². The first-order chi connectivity index (χ1) is 13.5. The number of carbonyl (C=O) groups is 1. The molecule has 1 amide bonds. The maximum absolute atomic E-state index is 14.1. The van der Waals surface area contributed by atoms with Crippen LogP contribution in [0.25, 0.3) is 0 Å². The Morgan fingerprint density at radius 1 is 1.36 bits per heavy atom. The summed E-state index contributed by atoms with van der Waals surface area (Å²) in [5, 5.41) is 4.84. The molecule has 144 valence electrons. The van der Waals surface area contributed by atoms with Gasteiger partial charge in [0.15, 0.2) is 0 Å². The highest BCUT2D eigenvalue weighted by Crippen LogP contribution is 2.25. The molecule has 4 rings (SSSR count). The molecule has 3 heterocycles. The van der Waals surface area contributed by atoms with E-state index in [1.165, 1.54) is 24.4 Å². The van der Waals surface area contributed by atoms with E-state index in [9.17, 15) is 9.18 Å². The summed E-state index contributed by atoms with van der Waals surface area (Å²) in [6.07, 6.45) is 5.25. The van der Waals surface area contributed by atoms with Gasteiger partial charge in [-0.3, -0.25) is 14.5 Å². The summed E-state index contributed by atoms with van der Waals surface area (Å²) >= 11 is 5.93. The third-order valence-electron chi connectivity index (χ3n) is 4.67. The van der Waals surface area contributed by atoms with Crippen LogP contribution in [0.15, 0.2) is 36.8 Å². The van der Waals surface area contributed by atoms with Gasteiger partial charge in [0.1, 0.15) is 18.1 Å². The maximum atomic E-state index is 14.1. The fraction of sp³-hybridized carbons (Fsp3) is 0.263. The van der Waals surface area contributed by atoms with Crippen molar-refractivity contribution in [1.82, 2.24) is 24.6 Å². The lowest BCUT2D eigenvalue weighted by atomic mass is 10.0. The Labute approximate surface area is 165 Å². The van der Waals surface area contributed by atoms with Crippen LogP contribution in [0.5, 0.6) is 5.88 Å². The van der Waals surface area contributed by atoms with Crippen LogP contribution in [0.3, 0.4) is 0 Å². The summed E-state index contributed by atoms with van der Waals surface area (Å²) in [6, 6.07) is 3.98. The first-order valence-corrected chi connectivity index (χ1v) is 9.07. The van der Waals surface area contributed by atoms with E-state index >= 15 is 0 Å². The lowest BCUT2D eigenvalue weighted by Crippen LogP contribution is -2.37. The third-order valence-corrected chi connectivity index (χ3v) is 4.90. The molecule has 0 unspecified atom stereocenters. The van der Waals surface area contributed by atoms with E-state index in [0.29, 0.717) is 36.1 Å². The summed E-state index contributed by atoms with van der Waals surface area (Å²) < 4.78 is 21.6. The smallest absolute Gasteiger partial charge is 0.257 e. The number of fused-ring (bicyclic) bond motifs is 1. The molecule has 0 spiro atoms. The molecule has 2 aromatic heterocycles. The largest absolute Gasteiger partial charge is 0.470 e. The van der Waals surface area contributed by atoms with E-state index in [1.807, 2.05) is 7.05 Å². The third kappa shape index (κ3) is 3.55. The van der Waals surface area contributed by atoms with Gasteiger partial charge >= 0.3 is 0 Å². The van der Waals surface area contributed by atoms with Gasteiger partial charge in [0.2, 0.25) is 5.88 Å². The van der Waals surface area contributed by atoms with E-state index in [4.69, 9.17) is 16.3 Å². The number of aromatic nitrogens is 4. The minimum absolute atomic E-state index is 0.0304. The minimum atomic E-state index is -0.586. The van der Waals surface area contributed by atoms with Gasteiger partial charge in [-0.05, 0) is 18.2 Å². The fourth-order valence-corrected chi connectivity index (χ4v) is 3.47. The van der Waals surface area contributed by atoms with E-state index in [2.05, 4.69) is 15.1 Å². The van der Waals surface area contributed by atoms with Gasteiger partial charge in [0, 0.05) is 55.2 Å². The van der Waals surface area contributed by atoms with Crippen molar-refractivity contribution in [3.05, 3.63) is 70.1 Å². The molecule has 0 fully saturated rings. The number of amides is 1. The first-order valence-electron chi connectivity index (χ1n) is 8.69. The van der Waals surface area contributed by atoms with Gasteiger partial charge < -0.3 is 9.64 Å². The summed E-state index contributed by atoms with van der Waals surface area (Å²) in [4.78, 5) is 22.5. The van der Waals surface area contributed by atoms with Crippen LogP contribution in [0.4, 0.5) is 4.39 Å². The Morgan fingerprint density at radius 2 is 2.21 bits per heavy atom. The zero-order chi connectivity index (χ0) is 19.7. The maximum Gasteiger partial charge on any atom is 0.257 e. The molecule has 0 saturated heterocycles. The predicted molar refractivity (Wildman–Crippen MR) is 99.4 cm³/mol. The Bertz CT molecular complexity index is 1020. The average molecular weight is 402 g/mol. The van der Waals surface area contributed by atoms with Crippen molar-refractivity contribution in [2.45, 2.75) is 19.6 Å². The molecule has 3 aromatic rings. The standard InChI is InChI=1S/C19H17ClFN5O2/c1-25-17-4-7-26(19(27)13-8-12(20)2-3-15(13)21)10-14(17)16(24-25)11-28-18-9-22-5-6-23-18/h2-3,5-6,8-9H,4,7,10-11H2,1H3. The Hall–Kier alpha value is -3.00. The minimum Gasteiger partial charge on any atom is -0.470 e. The molecular weight excluding hydrogens is 385 g/mol. The Kier molecular flexibility index (Phi) is 4.95. The number of hydrogen-bond acceptors (Lipinski definition) is 5. The van der Waals surface area contributed by atoms with E-state index in [-0.39, 0.29) is 12.2 Å². The number of benzene rings is 1. The second-order valence-electron chi connectivity index (χ2n) is 6.43. The number of halogens is 2. The second-order valence-corrected chi connectivity index (χ2v) is 6.87. The summed E-state index contributed by atoms with van der Waals surface area (Å²) in [5.74, 6) is -0.584. The van der Waals surface area contributed by atoms with Crippen molar-refractivity contribution in [2.75, 3.05) is 6.54 Å². The summed E-state index contributed by atoms with van der Waals surface area (Å²) in [5.41, 5.74) is 2.63. The van der Waals surface area contributed by atoms with Crippen LogP contribution in [0.1, 0.15) is 27.3 Å². The van der Waals surface area contributed by atoms with Gasteiger partial charge in [0.25, 0.3) is 5.91 Å². The van der Waals surface area contributed by atoms with E-state index in [0.717, 1.165) is 11.3 Å². The average Bonchev–Trinajstić information content (AvgIpc) is 3.03. The highest BCUT2D eigenvalue weighted by atomic mass is 35.5. The van der Waals surface area contributed by atoms with Crippen LogP contribution in [-0.4, -0.2) is 37.1 Å². The van der Waals surface area contributed by atoms with Crippen LogP contribution in [0, 0.1) is 5.82 Å². The number of rotatable bonds is 4. The van der Waals surface area contributed by atoms with E-state index in [1.54, 1.807) is 22.0 Å². The van der Waals surface area contributed by atoms with Gasteiger partial charge in [-0.15, -0.1) is 0 Å². The lowest BCUT2D eigenvalue weighted by molar-refractivity contribution is 0.0727. The highest BCUT2D eigenvalue weighted by Gasteiger charge is 2.28. The van der Waals surface area contributed by atoms with Gasteiger partial charge in [-0.2, -0.15) is 5.10 Å². The van der Waals surface area contributed by atoms with Crippen LogP contribution in [-0.2, 0) is 26.6 Å². The van der Waals surface area contributed by atoms with Crippen molar-refractivity contribution in [3.63, 3.8) is 0 Å². The quantitative estimate of drug-likeness (QED) is 0.672. The van der Waals surface area contributed by atoms with Gasteiger partial charge in [-0.1, -0.05) is 11.6 Å². The molecule has 9 heteroatoms. The molecule has 0 N–H and O–H groups in total. The molecular formula is C19H17ClFN5O2. The molecule has 1 aliphatic heterocycles. The van der Waals surface area contributed by atoms with Crippen LogP contribution in [0.2, 0.25) is 5.02 Å². The molecule has 0 atom stereocenters. The number of aryl methyl sites for hydroxylation is 1. The number of ether oxygens (including phenoxy) is 1. The fourth-order valence-electron chi connectivity index (χ4n) is 3.29. The topological polar surface area (TPSA) is 73.1 Å². The zero-order valence-corrected chi connectivity index (χ0v) is 15.9. The van der Waals surface area contributed by atoms with Crippen molar-refractivity contribution in [2.24, 2.45) is 7.05 Å². The second kappa shape index (κ2) is 7.55. The molecule has 1 aliphatic rings. The first kappa shape index (κ1) is 18.4. The van der Waals surface area contributed by atoms with Gasteiger partial charge in [0.05, 0.1) is 11.8 Å². The number of nitrogens with zero attached hydrogens (tertiary/aromatic N) is 5. The molecule has 1 aromatic carbocycles. The molecule has 0 saturated carbocycles. The molecule has 28 heavy (non-hydrogen) atoms. The zero-order valence-electron chi connectivity index (χ0n) is 15.1. The number of hydrogen-bond donors (Lipinski definition) is 0. The SMILES string of the molecule is Cn1nc(COc2cnccn2)c2c1CCN(C(=O)c1cc(Cl)ccc1F)C2. The summed E-state index contributed by atoms with van der Waals surface area (Å²) in [6.45, 7) is 1.00.